The van der Waals surface area contributed by atoms with E-state index in [0.717, 1.165) is 0 Å². The van der Waals surface area contributed by atoms with E-state index < -0.39 is 11.7 Å². The van der Waals surface area contributed by atoms with Gasteiger partial charge in [-0.15, -0.1) is 0 Å². The Hall–Kier alpha value is -2.70. The van der Waals surface area contributed by atoms with Crippen LogP contribution < -0.4 is 5.73 Å². The summed E-state index contributed by atoms with van der Waals surface area (Å²) in [5.74, 6) is -1.37. The summed E-state index contributed by atoms with van der Waals surface area (Å²) in [6, 6.07) is 8.57. The second-order valence-electron chi connectivity index (χ2n) is 6.16. The number of benzene rings is 2. The lowest BCUT2D eigenvalue weighted by atomic mass is 9.96. The van der Waals surface area contributed by atoms with Crippen LogP contribution in [0.2, 0.25) is 5.02 Å². The minimum Gasteiger partial charge on any atom is -0.377 e. The van der Waals surface area contributed by atoms with Gasteiger partial charge < -0.3 is 15.4 Å². The molecular formula is C20H18ClFN2O3. The normalized spacial score (nSPS) is 16.8. The Morgan fingerprint density at radius 1 is 1.30 bits per heavy atom. The quantitative estimate of drug-likeness (QED) is 0.816. The smallest absolute Gasteiger partial charge is 0.248 e. The van der Waals surface area contributed by atoms with Crippen LogP contribution in [0.5, 0.6) is 0 Å². The van der Waals surface area contributed by atoms with Crippen molar-refractivity contribution in [2.45, 2.75) is 6.04 Å². The molecule has 0 radical (unpaired) electrons. The molecule has 2 aromatic carbocycles. The number of nitrogens with two attached hydrogens (primary N) is 1. The van der Waals surface area contributed by atoms with E-state index in [1.807, 2.05) is 0 Å². The van der Waals surface area contributed by atoms with Gasteiger partial charge in [0.25, 0.3) is 0 Å². The molecule has 1 aliphatic rings. The highest BCUT2D eigenvalue weighted by atomic mass is 35.5. The SMILES string of the molecule is C=CC(=O)N1CCOCC1c1cc(Cl)cc(-c2cc(C(N)=O)ccc2F)c1. The summed E-state index contributed by atoms with van der Waals surface area (Å²) >= 11 is 6.26. The number of rotatable bonds is 4. The first-order valence-corrected chi connectivity index (χ1v) is 8.69. The Morgan fingerprint density at radius 3 is 2.78 bits per heavy atom. The fourth-order valence-electron chi connectivity index (χ4n) is 3.12. The minimum absolute atomic E-state index is 0.192. The molecule has 0 bridgehead atoms. The minimum atomic E-state index is -0.651. The zero-order valence-corrected chi connectivity index (χ0v) is 15.2. The molecule has 0 spiro atoms. The molecule has 0 aromatic heterocycles. The van der Waals surface area contributed by atoms with E-state index in [0.29, 0.717) is 35.9 Å². The van der Waals surface area contributed by atoms with E-state index in [-0.39, 0.29) is 23.1 Å². The molecule has 1 unspecified atom stereocenters. The summed E-state index contributed by atoms with van der Waals surface area (Å²) in [6.07, 6.45) is 1.25. The molecular weight excluding hydrogens is 371 g/mol. The highest BCUT2D eigenvalue weighted by molar-refractivity contribution is 6.31. The fraction of sp³-hybridized carbons (Fsp3) is 0.200. The predicted molar refractivity (Wildman–Crippen MR) is 101 cm³/mol. The average molecular weight is 389 g/mol. The zero-order valence-electron chi connectivity index (χ0n) is 14.5. The van der Waals surface area contributed by atoms with Gasteiger partial charge in [-0.2, -0.15) is 0 Å². The number of carbonyl (C=O) groups is 2. The van der Waals surface area contributed by atoms with Crippen molar-refractivity contribution in [2.24, 2.45) is 5.73 Å². The van der Waals surface area contributed by atoms with Crippen LogP contribution in [0, 0.1) is 5.82 Å². The number of hydrogen-bond donors (Lipinski definition) is 1. The Bertz CT molecular complexity index is 916. The van der Waals surface area contributed by atoms with Gasteiger partial charge in [-0.3, -0.25) is 9.59 Å². The molecule has 3 rings (SSSR count). The maximum Gasteiger partial charge on any atom is 0.248 e. The van der Waals surface area contributed by atoms with Crippen molar-refractivity contribution in [3.63, 3.8) is 0 Å². The van der Waals surface area contributed by atoms with Crippen molar-refractivity contribution in [1.82, 2.24) is 4.90 Å². The molecule has 27 heavy (non-hydrogen) atoms. The molecule has 0 saturated carbocycles. The van der Waals surface area contributed by atoms with Crippen LogP contribution in [0.15, 0.2) is 49.1 Å². The molecule has 1 fully saturated rings. The monoisotopic (exact) mass is 388 g/mol. The van der Waals surface area contributed by atoms with Crippen molar-refractivity contribution in [3.8, 4) is 11.1 Å². The molecule has 0 aliphatic carbocycles. The molecule has 1 aliphatic heterocycles. The van der Waals surface area contributed by atoms with Crippen LogP contribution >= 0.6 is 11.6 Å². The zero-order chi connectivity index (χ0) is 19.6. The van der Waals surface area contributed by atoms with E-state index in [1.54, 1.807) is 23.1 Å². The number of primary amides is 1. The van der Waals surface area contributed by atoms with Crippen molar-refractivity contribution < 1.29 is 18.7 Å². The van der Waals surface area contributed by atoms with Gasteiger partial charge in [0.2, 0.25) is 11.8 Å². The molecule has 140 valence electrons. The number of hydrogen-bond acceptors (Lipinski definition) is 3. The standard InChI is InChI=1S/C20H18ClFN2O3/c1-2-19(25)24-5-6-27-11-18(24)14-7-13(8-15(21)9-14)16-10-12(20(23)26)3-4-17(16)22/h2-4,7-10,18H,1,5-6,11H2,(H2,23,26). The predicted octanol–water partition coefficient (Wildman–Crippen LogP) is 3.33. The molecule has 2 amide bonds. The number of halogens is 2. The van der Waals surface area contributed by atoms with Crippen LogP contribution in [0.4, 0.5) is 4.39 Å². The van der Waals surface area contributed by atoms with E-state index in [9.17, 15) is 14.0 Å². The summed E-state index contributed by atoms with van der Waals surface area (Å²) < 4.78 is 19.9. The third kappa shape index (κ3) is 4.02. The van der Waals surface area contributed by atoms with Crippen LogP contribution in [0.25, 0.3) is 11.1 Å². The third-order valence-electron chi connectivity index (χ3n) is 4.45. The topological polar surface area (TPSA) is 72.6 Å². The lowest BCUT2D eigenvalue weighted by Gasteiger charge is -2.35. The van der Waals surface area contributed by atoms with Gasteiger partial charge in [0, 0.05) is 22.7 Å². The molecule has 1 atom stereocenters. The Morgan fingerprint density at radius 2 is 2.07 bits per heavy atom. The Balaban J connectivity index is 2.07. The summed E-state index contributed by atoms with van der Waals surface area (Å²) in [7, 11) is 0. The lowest BCUT2D eigenvalue weighted by Crippen LogP contribution is -2.42. The Kier molecular flexibility index (Phi) is 5.58. The number of amides is 2. The molecule has 1 heterocycles. The number of nitrogens with zero attached hydrogens (tertiary/aromatic N) is 1. The van der Waals surface area contributed by atoms with Crippen molar-refractivity contribution in [2.75, 3.05) is 19.8 Å². The Labute approximate surface area is 161 Å². The maximum absolute atomic E-state index is 14.4. The molecule has 2 N–H and O–H groups in total. The highest BCUT2D eigenvalue weighted by Crippen LogP contribution is 2.33. The highest BCUT2D eigenvalue weighted by Gasteiger charge is 2.28. The van der Waals surface area contributed by atoms with Gasteiger partial charge in [0.1, 0.15) is 5.82 Å². The van der Waals surface area contributed by atoms with Crippen LogP contribution in [-0.2, 0) is 9.53 Å². The fourth-order valence-corrected chi connectivity index (χ4v) is 3.36. The molecule has 2 aromatic rings. The van der Waals surface area contributed by atoms with Gasteiger partial charge in [0.15, 0.2) is 0 Å². The van der Waals surface area contributed by atoms with E-state index >= 15 is 0 Å². The van der Waals surface area contributed by atoms with Crippen LogP contribution in [0.3, 0.4) is 0 Å². The van der Waals surface area contributed by atoms with Crippen molar-refractivity contribution in [1.29, 1.82) is 0 Å². The van der Waals surface area contributed by atoms with Gasteiger partial charge in [-0.25, -0.2) is 4.39 Å². The number of ether oxygens (including phenoxy) is 1. The van der Waals surface area contributed by atoms with Crippen molar-refractivity contribution >= 4 is 23.4 Å². The molecule has 7 heteroatoms. The summed E-state index contributed by atoms with van der Waals surface area (Å²) in [5.41, 5.74) is 6.88. The van der Waals surface area contributed by atoms with Gasteiger partial charge in [-0.1, -0.05) is 18.2 Å². The van der Waals surface area contributed by atoms with E-state index in [2.05, 4.69) is 6.58 Å². The van der Waals surface area contributed by atoms with Gasteiger partial charge >= 0.3 is 0 Å². The maximum atomic E-state index is 14.4. The summed E-state index contributed by atoms with van der Waals surface area (Å²) in [4.78, 5) is 25.2. The van der Waals surface area contributed by atoms with Crippen LogP contribution in [0.1, 0.15) is 22.0 Å². The summed E-state index contributed by atoms with van der Waals surface area (Å²) in [5, 5.41) is 0.378. The van der Waals surface area contributed by atoms with Gasteiger partial charge in [0.05, 0.1) is 19.3 Å². The molecule has 1 saturated heterocycles. The lowest BCUT2D eigenvalue weighted by molar-refractivity contribution is -0.134. The second-order valence-corrected chi connectivity index (χ2v) is 6.60. The van der Waals surface area contributed by atoms with E-state index in [1.165, 1.54) is 24.3 Å². The largest absolute Gasteiger partial charge is 0.377 e. The number of carbonyl (C=O) groups excluding carboxylic acids is 2. The average Bonchev–Trinajstić information content (AvgIpc) is 2.67. The number of morpholine rings is 1. The first-order valence-electron chi connectivity index (χ1n) is 8.31. The first kappa shape index (κ1) is 19.1. The molecule has 5 nitrogen and oxygen atoms in total. The van der Waals surface area contributed by atoms with Crippen molar-refractivity contribution in [3.05, 3.63) is 71.0 Å². The second kappa shape index (κ2) is 7.90. The van der Waals surface area contributed by atoms with Crippen LogP contribution in [-0.4, -0.2) is 36.5 Å². The van der Waals surface area contributed by atoms with E-state index in [4.69, 9.17) is 22.1 Å². The summed E-state index contributed by atoms with van der Waals surface area (Å²) in [6.45, 7) is 4.68. The first-order chi connectivity index (χ1) is 12.9. The third-order valence-corrected chi connectivity index (χ3v) is 4.67. The van der Waals surface area contributed by atoms with Gasteiger partial charge in [-0.05, 0) is 53.6 Å².